The summed E-state index contributed by atoms with van der Waals surface area (Å²) in [7, 11) is 0. The van der Waals surface area contributed by atoms with Crippen molar-refractivity contribution in [3.05, 3.63) is 81.1 Å². The van der Waals surface area contributed by atoms with Gasteiger partial charge in [0.05, 0.1) is 5.02 Å². The summed E-state index contributed by atoms with van der Waals surface area (Å²) >= 11 is 9.48. The van der Waals surface area contributed by atoms with Gasteiger partial charge in [-0.25, -0.2) is 9.69 Å². The Morgan fingerprint density at radius 2 is 1.97 bits per heavy atom. The summed E-state index contributed by atoms with van der Waals surface area (Å²) in [5.41, 5.74) is 2.41. The summed E-state index contributed by atoms with van der Waals surface area (Å²) in [6.07, 6.45) is 2.17. The molecule has 0 radical (unpaired) electrons. The quantitative estimate of drug-likeness (QED) is 0.328. The Morgan fingerprint density at radius 1 is 1.18 bits per heavy atom. The standard InChI is InChI=1S/C24H19BrClN3O4/c1-2-14-5-3-4-6-19(14)27-22(30)13-29-23(31)20(28-24(29)32)12-16-8-10-21(33-16)15-7-9-17(25)18(26)11-15/h3-12H,2,13H2,1H3,(H,27,30)(H,28,32)/b20-12+. The zero-order valence-corrected chi connectivity index (χ0v) is 19.9. The smallest absolute Gasteiger partial charge is 0.329 e. The van der Waals surface area contributed by atoms with Gasteiger partial charge in [0.15, 0.2) is 0 Å². The summed E-state index contributed by atoms with van der Waals surface area (Å²) < 4.78 is 6.55. The van der Waals surface area contributed by atoms with Crippen molar-refractivity contribution in [3.63, 3.8) is 0 Å². The van der Waals surface area contributed by atoms with Gasteiger partial charge in [-0.05, 0) is 58.2 Å². The molecule has 33 heavy (non-hydrogen) atoms. The van der Waals surface area contributed by atoms with E-state index in [1.165, 1.54) is 6.08 Å². The Hall–Kier alpha value is -3.36. The number of hydrogen-bond donors (Lipinski definition) is 2. The predicted molar refractivity (Wildman–Crippen MR) is 130 cm³/mol. The number of carbonyl (C=O) groups is 3. The monoisotopic (exact) mass is 527 g/mol. The van der Waals surface area contributed by atoms with Crippen molar-refractivity contribution in [3.8, 4) is 11.3 Å². The lowest BCUT2D eigenvalue weighted by Gasteiger charge is -2.13. The molecule has 3 aromatic rings. The average Bonchev–Trinajstić information content (AvgIpc) is 3.36. The van der Waals surface area contributed by atoms with Crippen LogP contribution in [0, 0.1) is 0 Å². The lowest BCUT2D eigenvalue weighted by molar-refractivity contribution is -0.127. The second kappa shape index (κ2) is 9.64. The molecule has 0 unspecified atom stereocenters. The summed E-state index contributed by atoms with van der Waals surface area (Å²) in [6.45, 7) is 1.58. The molecule has 1 saturated heterocycles. The molecule has 1 aliphatic heterocycles. The topological polar surface area (TPSA) is 91.7 Å². The van der Waals surface area contributed by atoms with Gasteiger partial charge < -0.3 is 15.1 Å². The van der Waals surface area contributed by atoms with Gasteiger partial charge in [0.1, 0.15) is 23.8 Å². The molecule has 0 atom stereocenters. The Bertz CT molecular complexity index is 1280. The van der Waals surface area contributed by atoms with Crippen LogP contribution in [0.1, 0.15) is 18.2 Å². The first-order valence-electron chi connectivity index (χ1n) is 10.1. The fraction of sp³-hybridized carbons (Fsp3) is 0.125. The van der Waals surface area contributed by atoms with Crippen LogP contribution in [0.15, 0.2) is 69.2 Å². The Morgan fingerprint density at radius 3 is 2.73 bits per heavy atom. The number of amides is 4. The van der Waals surface area contributed by atoms with Crippen molar-refractivity contribution in [2.45, 2.75) is 13.3 Å². The number of imide groups is 1. The minimum Gasteiger partial charge on any atom is -0.457 e. The number of nitrogens with one attached hydrogen (secondary N) is 2. The number of furan rings is 1. The SMILES string of the molecule is CCc1ccccc1NC(=O)CN1C(=O)N/C(=C/c2ccc(-c3ccc(Br)c(Cl)c3)o2)C1=O. The number of benzene rings is 2. The highest BCUT2D eigenvalue weighted by atomic mass is 79.9. The lowest BCUT2D eigenvalue weighted by atomic mass is 10.1. The number of urea groups is 1. The van der Waals surface area contributed by atoms with Crippen molar-refractivity contribution in [2.75, 3.05) is 11.9 Å². The van der Waals surface area contributed by atoms with E-state index in [-0.39, 0.29) is 5.70 Å². The molecule has 2 aromatic carbocycles. The lowest BCUT2D eigenvalue weighted by Crippen LogP contribution is -2.38. The molecule has 2 heterocycles. The average molecular weight is 529 g/mol. The summed E-state index contributed by atoms with van der Waals surface area (Å²) in [4.78, 5) is 38.4. The number of carbonyl (C=O) groups excluding carboxylic acids is 3. The normalized spacial score (nSPS) is 14.6. The van der Waals surface area contributed by atoms with E-state index in [1.54, 1.807) is 30.3 Å². The first-order valence-corrected chi connectivity index (χ1v) is 11.3. The Kier molecular flexibility index (Phi) is 6.67. The van der Waals surface area contributed by atoms with Crippen LogP contribution in [0.25, 0.3) is 17.4 Å². The molecule has 9 heteroatoms. The molecule has 1 aromatic heterocycles. The number of aryl methyl sites for hydroxylation is 1. The van der Waals surface area contributed by atoms with Crippen LogP contribution in [0.2, 0.25) is 5.02 Å². The van der Waals surface area contributed by atoms with Gasteiger partial charge in [0, 0.05) is 21.8 Å². The molecule has 0 saturated carbocycles. The van der Waals surface area contributed by atoms with Gasteiger partial charge >= 0.3 is 6.03 Å². The number of anilines is 1. The fourth-order valence-corrected chi connectivity index (χ4v) is 3.80. The predicted octanol–water partition coefficient (Wildman–Crippen LogP) is 5.46. The zero-order chi connectivity index (χ0) is 23.5. The number of rotatable bonds is 6. The van der Waals surface area contributed by atoms with E-state index >= 15 is 0 Å². The molecule has 1 fully saturated rings. The van der Waals surface area contributed by atoms with Crippen LogP contribution < -0.4 is 10.6 Å². The number of hydrogen-bond acceptors (Lipinski definition) is 4. The first kappa shape index (κ1) is 22.8. The number of nitrogens with zero attached hydrogens (tertiary/aromatic N) is 1. The molecule has 7 nitrogen and oxygen atoms in total. The maximum Gasteiger partial charge on any atom is 0.329 e. The first-order chi connectivity index (χ1) is 15.9. The van der Waals surface area contributed by atoms with Crippen LogP contribution in [0.3, 0.4) is 0 Å². The fourth-order valence-electron chi connectivity index (χ4n) is 3.38. The minimum absolute atomic E-state index is 0.0245. The van der Waals surface area contributed by atoms with Crippen molar-refractivity contribution in [1.29, 1.82) is 0 Å². The molecule has 4 amide bonds. The van der Waals surface area contributed by atoms with Gasteiger partial charge in [-0.3, -0.25) is 9.59 Å². The largest absolute Gasteiger partial charge is 0.457 e. The van der Waals surface area contributed by atoms with Gasteiger partial charge in [-0.2, -0.15) is 0 Å². The third kappa shape index (κ3) is 5.02. The highest BCUT2D eigenvalue weighted by molar-refractivity contribution is 9.10. The van der Waals surface area contributed by atoms with E-state index in [0.717, 1.165) is 26.9 Å². The van der Waals surface area contributed by atoms with Crippen LogP contribution >= 0.6 is 27.5 Å². The zero-order valence-electron chi connectivity index (χ0n) is 17.5. The van der Waals surface area contributed by atoms with E-state index in [1.807, 2.05) is 31.2 Å². The van der Waals surface area contributed by atoms with E-state index in [4.69, 9.17) is 16.0 Å². The van der Waals surface area contributed by atoms with E-state index in [2.05, 4.69) is 26.6 Å². The highest BCUT2D eigenvalue weighted by Crippen LogP contribution is 2.30. The molecule has 168 valence electrons. The van der Waals surface area contributed by atoms with Crippen LogP contribution in [-0.4, -0.2) is 29.3 Å². The molecular formula is C24H19BrClN3O4. The van der Waals surface area contributed by atoms with Gasteiger partial charge in [-0.15, -0.1) is 0 Å². The van der Waals surface area contributed by atoms with Crippen LogP contribution in [0.5, 0.6) is 0 Å². The number of para-hydroxylation sites is 1. The van der Waals surface area contributed by atoms with E-state index in [0.29, 0.717) is 22.2 Å². The molecular weight excluding hydrogens is 510 g/mol. The second-order valence-electron chi connectivity index (χ2n) is 7.27. The van der Waals surface area contributed by atoms with Crippen LogP contribution in [-0.2, 0) is 16.0 Å². The maximum absolute atomic E-state index is 12.7. The summed E-state index contributed by atoms with van der Waals surface area (Å²) in [5.74, 6) is -0.147. The maximum atomic E-state index is 12.7. The second-order valence-corrected chi connectivity index (χ2v) is 8.53. The van der Waals surface area contributed by atoms with Crippen molar-refractivity contribution >= 4 is 57.1 Å². The minimum atomic E-state index is -0.670. The third-order valence-corrected chi connectivity index (χ3v) is 6.29. The van der Waals surface area contributed by atoms with E-state index < -0.39 is 24.4 Å². The molecule has 4 rings (SSSR count). The van der Waals surface area contributed by atoms with Gasteiger partial charge in [-0.1, -0.05) is 42.8 Å². The summed E-state index contributed by atoms with van der Waals surface area (Å²) in [6, 6.07) is 15.5. The number of halogens is 2. The molecule has 0 spiro atoms. The van der Waals surface area contributed by atoms with E-state index in [9.17, 15) is 14.4 Å². The van der Waals surface area contributed by atoms with Crippen molar-refractivity contribution in [1.82, 2.24) is 10.2 Å². The molecule has 1 aliphatic rings. The third-order valence-electron chi connectivity index (χ3n) is 5.05. The summed E-state index contributed by atoms with van der Waals surface area (Å²) in [5, 5.41) is 5.79. The Balaban J connectivity index is 1.46. The van der Waals surface area contributed by atoms with Gasteiger partial charge in [0.2, 0.25) is 5.91 Å². The van der Waals surface area contributed by atoms with Crippen molar-refractivity contribution < 1.29 is 18.8 Å². The van der Waals surface area contributed by atoms with Crippen LogP contribution in [0.4, 0.5) is 10.5 Å². The Labute approximate surface area is 203 Å². The highest BCUT2D eigenvalue weighted by Gasteiger charge is 2.35. The van der Waals surface area contributed by atoms with Gasteiger partial charge in [0.25, 0.3) is 5.91 Å². The molecule has 0 bridgehead atoms. The van der Waals surface area contributed by atoms with Crippen molar-refractivity contribution in [2.24, 2.45) is 0 Å². The molecule has 2 N–H and O–H groups in total. The molecule has 0 aliphatic carbocycles.